The monoisotopic (exact) mass is 344 g/mol. The summed E-state index contributed by atoms with van der Waals surface area (Å²) < 4.78 is 39.5. The minimum absolute atomic E-state index is 0.00248. The van der Waals surface area contributed by atoms with E-state index in [1.807, 2.05) is 6.92 Å². The van der Waals surface area contributed by atoms with Gasteiger partial charge in [0.15, 0.2) is 0 Å². The molecule has 1 N–H and O–H groups in total. The van der Waals surface area contributed by atoms with E-state index in [4.69, 9.17) is 11.6 Å². The van der Waals surface area contributed by atoms with Crippen molar-refractivity contribution in [3.63, 3.8) is 0 Å². The van der Waals surface area contributed by atoms with Crippen molar-refractivity contribution in [1.82, 2.24) is 4.98 Å². The van der Waals surface area contributed by atoms with E-state index in [9.17, 15) is 13.2 Å². The van der Waals surface area contributed by atoms with Crippen molar-refractivity contribution in [2.45, 2.75) is 57.7 Å². The van der Waals surface area contributed by atoms with Gasteiger partial charge in [0.25, 0.3) is 0 Å². The SMILES string of the molecule is CC1Cc2nc(C(F)(F)F)cc(NC3CCCCC3)c2C=C1Cl. The van der Waals surface area contributed by atoms with Gasteiger partial charge in [0.05, 0.1) is 5.69 Å². The quantitative estimate of drug-likeness (QED) is 0.753. The molecule has 1 atom stereocenters. The number of nitrogens with one attached hydrogen (secondary N) is 1. The van der Waals surface area contributed by atoms with Crippen molar-refractivity contribution in [2.24, 2.45) is 5.92 Å². The summed E-state index contributed by atoms with van der Waals surface area (Å²) in [6, 6.07) is 1.35. The molecule has 0 amide bonds. The van der Waals surface area contributed by atoms with Gasteiger partial charge in [0.2, 0.25) is 0 Å². The summed E-state index contributed by atoms with van der Waals surface area (Å²) in [5.41, 5.74) is 0.883. The Morgan fingerprint density at radius 1 is 1.22 bits per heavy atom. The number of nitrogens with zero attached hydrogens (tertiary/aromatic N) is 1. The first kappa shape index (κ1) is 16.6. The molecule has 3 rings (SSSR count). The lowest BCUT2D eigenvalue weighted by Crippen LogP contribution is -2.24. The summed E-state index contributed by atoms with van der Waals surface area (Å²) in [5, 5.41) is 3.99. The van der Waals surface area contributed by atoms with Crippen LogP contribution in [0.5, 0.6) is 0 Å². The molecule has 0 radical (unpaired) electrons. The number of alkyl halides is 3. The second kappa shape index (κ2) is 6.34. The van der Waals surface area contributed by atoms with E-state index in [1.54, 1.807) is 6.08 Å². The lowest BCUT2D eigenvalue weighted by molar-refractivity contribution is -0.141. The number of hydrogen-bond donors (Lipinski definition) is 1. The first-order valence-electron chi connectivity index (χ1n) is 8.09. The molecule has 0 saturated heterocycles. The molecule has 2 nitrogen and oxygen atoms in total. The molecule has 0 aliphatic heterocycles. The standard InChI is InChI=1S/C17H20ClF3N2/c1-10-7-14-12(8-13(10)18)15(9-16(23-14)17(19,20)21)22-11-5-3-2-4-6-11/h8-11H,2-7H2,1H3,(H,22,23). The summed E-state index contributed by atoms with van der Waals surface area (Å²) in [6.45, 7) is 1.90. The minimum Gasteiger partial charge on any atom is -0.382 e. The van der Waals surface area contributed by atoms with Crippen molar-refractivity contribution < 1.29 is 13.2 Å². The Hall–Kier alpha value is -1.23. The highest BCUT2D eigenvalue weighted by Gasteiger charge is 2.35. The average molecular weight is 345 g/mol. The van der Waals surface area contributed by atoms with Gasteiger partial charge >= 0.3 is 6.18 Å². The van der Waals surface area contributed by atoms with Gasteiger partial charge in [-0.15, -0.1) is 0 Å². The maximum absolute atomic E-state index is 13.2. The summed E-state index contributed by atoms with van der Waals surface area (Å²) in [6.07, 6.45) is 3.18. The normalized spacial score (nSPS) is 22.5. The summed E-state index contributed by atoms with van der Waals surface area (Å²) >= 11 is 6.22. The zero-order valence-corrected chi connectivity index (χ0v) is 13.8. The first-order chi connectivity index (χ1) is 10.8. The van der Waals surface area contributed by atoms with Crippen molar-refractivity contribution in [3.05, 3.63) is 28.0 Å². The van der Waals surface area contributed by atoms with Crippen LogP contribution in [-0.4, -0.2) is 11.0 Å². The zero-order chi connectivity index (χ0) is 16.6. The Bertz CT molecular complexity index is 619. The van der Waals surface area contributed by atoms with E-state index in [2.05, 4.69) is 10.3 Å². The Morgan fingerprint density at radius 3 is 2.57 bits per heavy atom. The molecule has 0 spiro atoms. The van der Waals surface area contributed by atoms with Crippen LogP contribution in [0.15, 0.2) is 11.1 Å². The molecule has 1 aromatic rings. The maximum atomic E-state index is 13.2. The highest BCUT2D eigenvalue weighted by Crippen LogP contribution is 2.38. The van der Waals surface area contributed by atoms with Gasteiger partial charge in [-0.2, -0.15) is 13.2 Å². The second-order valence-electron chi connectivity index (χ2n) is 6.53. The van der Waals surface area contributed by atoms with E-state index in [0.29, 0.717) is 28.4 Å². The van der Waals surface area contributed by atoms with Crippen LogP contribution in [0.2, 0.25) is 0 Å². The van der Waals surface area contributed by atoms with Crippen molar-refractivity contribution in [3.8, 4) is 0 Å². The highest BCUT2D eigenvalue weighted by molar-refractivity contribution is 6.32. The third-order valence-corrected chi connectivity index (χ3v) is 5.13. The van der Waals surface area contributed by atoms with Crippen LogP contribution in [0.1, 0.15) is 56.0 Å². The second-order valence-corrected chi connectivity index (χ2v) is 6.96. The first-order valence-corrected chi connectivity index (χ1v) is 8.47. The van der Waals surface area contributed by atoms with Crippen molar-refractivity contribution in [2.75, 3.05) is 5.32 Å². The Kier molecular flexibility index (Phi) is 4.59. The van der Waals surface area contributed by atoms with Crippen LogP contribution < -0.4 is 5.32 Å². The smallest absolute Gasteiger partial charge is 0.382 e. The van der Waals surface area contributed by atoms with Crippen molar-refractivity contribution >= 4 is 23.4 Å². The van der Waals surface area contributed by atoms with Crippen LogP contribution >= 0.6 is 11.6 Å². The molecule has 1 saturated carbocycles. The van der Waals surface area contributed by atoms with Crippen LogP contribution in [0.25, 0.3) is 6.08 Å². The largest absolute Gasteiger partial charge is 0.433 e. The number of pyridine rings is 1. The number of allylic oxidation sites excluding steroid dienone is 1. The Balaban J connectivity index is 2.01. The molecular weight excluding hydrogens is 325 g/mol. The van der Waals surface area contributed by atoms with Gasteiger partial charge < -0.3 is 5.32 Å². The fraction of sp³-hybridized carbons (Fsp3) is 0.588. The van der Waals surface area contributed by atoms with E-state index in [1.165, 1.54) is 6.42 Å². The Morgan fingerprint density at radius 2 is 1.91 bits per heavy atom. The van der Waals surface area contributed by atoms with E-state index >= 15 is 0 Å². The van der Waals surface area contributed by atoms with E-state index in [-0.39, 0.29) is 12.0 Å². The van der Waals surface area contributed by atoms with Crippen LogP contribution in [0.3, 0.4) is 0 Å². The predicted octanol–water partition coefficient (Wildman–Crippen LogP) is 5.62. The third-order valence-electron chi connectivity index (χ3n) is 4.65. The van der Waals surface area contributed by atoms with Gasteiger partial charge in [-0.1, -0.05) is 37.8 Å². The van der Waals surface area contributed by atoms with Crippen LogP contribution in [0.4, 0.5) is 18.9 Å². The molecule has 1 aromatic heterocycles. The lowest BCUT2D eigenvalue weighted by atomic mass is 9.91. The molecule has 0 bridgehead atoms. The molecule has 6 heteroatoms. The van der Waals surface area contributed by atoms with Gasteiger partial charge in [-0.25, -0.2) is 4.98 Å². The predicted molar refractivity (Wildman–Crippen MR) is 86.4 cm³/mol. The zero-order valence-electron chi connectivity index (χ0n) is 13.0. The number of rotatable bonds is 2. The molecular formula is C17H20ClF3N2. The molecule has 2 aliphatic rings. The van der Waals surface area contributed by atoms with E-state index in [0.717, 1.165) is 31.7 Å². The van der Waals surface area contributed by atoms with Gasteiger partial charge in [0.1, 0.15) is 5.69 Å². The number of fused-ring (bicyclic) bond motifs is 1. The molecule has 1 heterocycles. The molecule has 1 fully saturated rings. The minimum atomic E-state index is -4.44. The topological polar surface area (TPSA) is 24.9 Å². The number of halogens is 4. The highest BCUT2D eigenvalue weighted by atomic mass is 35.5. The van der Waals surface area contributed by atoms with Gasteiger partial charge in [0, 0.05) is 22.3 Å². The molecule has 2 aliphatic carbocycles. The molecule has 23 heavy (non-hydrogen) atoms. The third kappa shape index (κ3) is 3.65. The van der Waals surface area contributed by atoms with Crippen LogP contribution in [-0.2, 0) is 12.6 Å². The van der Waals surface area contributed by atoms with Crippen molar-refractivity contribution in [1.29, 1.82) is 0 Å². The molecule has 0 aromatic carbocycles. The summed E-state index contributed by atoms with van der Waals surface area (Å²) in [4.78, 5) is 3.85. The number of anilines is 1. The van der Waals surface area contributed by atoms with E-state index < -0.39 is 11.9 Å². The van der Waals surface area contributed by atoms with Gasteiger partial charge in [-0.05, 0) is 37.3 Å². The Labute approximate surface area is 139 Å². The van der Waals surface area contributed by atoms with Gasteiger partial charge in [-0.3, -0.25) is 0 Å². The maximum Gasteiger partial charge on any atom is 0.433 e. The average Bonchev–Trinajstić information content (AvgIpc) is 2.49. The molecule has 126 valence electrons. The number of aromatic nitrogens is 1. The van der Waals surface area contributed by atoms with Crippen LogP contribution in [0, 0.1) is 5.92 Å². The fourth-order valence-electron chi connectivity index (χ4n) is 3.32. The lowest BCUT2D eigenvalue weighted by Gasteiger charge is -2.28. The molecule has 1 unspecified atom stereocenters. The fourth-order valence-corrected chi connectivity index (χ4v) is 3.51. The summed E-state index contributed by atoms with van der Waals surface area (Å²) in [5.74, 6) is 0.00248. The number of hydrogen-bond acceptors (Lipinski definition) is 2. The summed E-state index contributed by atoms with van der Waals surface area (Å²) in [7, 11) is 0.